The molecule has 0 amide bonds. The van der Waals surface area contributed by atoms with Crippen molar-refractivity contribution < 1.29 is 9.15 Å². The van der Waals surface area contributed by atoms with Gasteiger partial charge >= 0.3 is 0 Å². The highest BCUT2D eigenvalue weighted by Crippen LogP contribution is 2.34. The van der Waals surface area contributed by atoms with E-state index >= 15 is 0 Å². The highest BCUT2D eigenvalue weighted by Gasteiger charge is 2.41. The minimum atomic E-state index is 0.164. The maximum absolute atomic E-state index is 5.95. The molecule has 2 saturated heterocycles. The number of ether oxygens (including phenoxy) is 1. The first-order valence-corrected chi connectivity index (χ1v) is 9.72. The minimum absolute atomic E-state index is 0.164. The molecule has 6 nitrogen and oxygen atoms in total. The van der Waals surface area contributed by atoms with Gasteiger partial charge in [-0.25, -0.2) is 0 Å². The Balaban J connectivity index is 1.67. The van der Waals surface area contributed by atoms with E-state index < -0.39 is 0 Å². The molecule has 0 aliphatic carbocycles. The minimum Gasteiger partial charge on any atom is -0.468 e. The largest absolute Gasteiger partial charge is 0.468 e. The molecular formula is C19H32N4O2. The Morgan fingerprint density at radius 2 is 2.16 bits per heavy atom. The monoisotopic (exact) mass is 348 g/mol. The van der Waals surface area contributed by atoms with Gasteiger partial charge in [-0.3, -0.25) is 9.89 Å². The van der Waals surface area contributed by atoms with Gasteiger partial charge in [-0.2, -0.15) is 0 Å². The van der Waals surface area contributed by atoms with Crippen molar-refractivity contribution >= 4 is 5.96 Å². The lowest BCUT2D eigenvalue weighted by atomic mass is 9.96. The third-order valence-electron chi connectivity index (χ3n) is 5.32. The molecule has 2 aliphatic heterocycles. The van der Waals surface area contributed by atoms with E-state index in [-0.39, 0.29) is 6.04 Å². The predicted molar refractivity (Wildman–Crippen MR) is 99.8 cm³/mol. The zero-order chi connectivity index (χ0) is 17.6. The van der Waals surface area contributed by atoms with Crippen LogP contribution in [-0.2, 0) is 4.74 Å². The van der Waals surface area contributed by atoms with Gasteiger partial charge in [0.25, 0.3) is 0 Å². The van der Waals surface area contributed by atoms with Crippen molar-refractivity contribution in [3.05, 3.63) is 24.2 Å². The van der Waals surface area contributed by atoms with Gasteiger partial charge in [-0.1, -0.05) is 13.8 Å². The standard InChI is InChI=1S/C19H32N4O2/c1-4-20-19(22-15-12-14-9-10-17(15)25-14)21-13-16(23(5-2)6-3)18-8-7-11-24-18/h7-8,11,14-17H,4-6,9-10,12-13H2,1-3H3,(H2,20,21,22). The molecule has 2 fully saturated rings. The molecule has 25 heavy (non-hydrogen) atoms. The number of aliphatic imine (C=N–C) groups is 1. The molecule has 0 aromatic carbocycles. The molecule has 2 bridgehead atoms. The van der Waals surface area contributed by atoms with Crippen LogP contribution in [0.25, 0.3) is 0 Å². The summed E-state index contributed by atoms with van der Waals surface area (Å²) >= 11 is 0. The quantitative estimate of drug-likeness (QED) is 0.558. The summed E-state index contributed by atoms with van der Waals surface area (Å²) in [6.07, 6.45) is 5.99. The Bertz CT molecular complexity index is 542. The fourth-order valence-electron chi connectivity index (χ4n) is 3.99. The molecule has 4 atom stereocenters. The van der Waals surface area contributed by atoms with Crippen LogP contribution in [0.4, 0.5) is 0 Å². The number of nitrogens with zero attached hydrogens (tertiary/aromatic N) is 2. The lowest BCUT2D eigenvalue weighted by Gasteiger charge is -2.27. The summed E-state index contributed by atoms with van der Waals surface area (Å²) < 4.78 is 11.6. The van der Waals surface area contributed by atoms with Gasteiger partial charge < -0.3 is 19.8 Å². The third kappa shape index (κ3) is 4.36. The maximum atomic E-state index is 5.95. The maximum Gasteiger partial charge on any atom is 0.191 e. The SMILES string of the molecule is CCNC(=NCC(c1ccco1)N(CC)CC)NC1CC2CCC1O2. The van der Waals surface area contributed by atoms with Crippen molar-refractivity contribution in [3.63, 3.8) is 0 Å². The van der Waals surface area contributed by atoms with E-state index in [0.717, 1.165) is 44.2 Å². The van der Waals surface area contributed by atoms with Crippen molar-refractivity contribution in [3.8, 4) is 0 Å². The Kier molecular flexibility index (Phi) is 6.37. The Morgan fingerprint density at radius 3 is 2.72 bits per heavy atom. The molecule has 0 radical (unpaired) electrons. The van der Waals surface area contributed by atoms with Crippen LogP contribution in [0.5, 0.6) is 0 Å². The molecule has 3 heterocycles. The Morgan fingerprint density at radius 1 is 1.32 bits per heavy atom. The molecule has 1 aromatic rings. The van der Waals surface area contributed by atoms with Crippen LogP contribution in [0.15, 0.2) is 27.8 Å². The third-order valence-corrected chi connectivity index (χ3v) is 5.32. The van der Waals surface area contributed by atoms with Gasteiger partial charge in [0.05, 0.1) is 37.1 Å². The molecule has 1 aromatic heterocycles. The highest BCUT2D eigenvalue weighted by atomic mass is 16.5. The van der Waals surface area contributed by atoms with Crippen LogP contribution in [0.3, 0.4) is 0 Å². The van der Waals surface area contributed by atoms with Crippen molar-refractivity contribution in [1.29, 1.82) is 0 Å². The highest BCUT2D eigenvalue weighted by molar-refractivity contribution is 5.80. The van der Waals surface area contributed by atoms with Crippen molar-refractivity contribution in [2.45, 2.75) is 64.3 Å². The lowest BCUT2D eigenvalue weighted by Crippen LogP contribution is -2.47. The van der Waals surface area contributed by atoms with Crippen molar-refractivity contribution in [1.82, 2.24) is 15.5 Å². The second kappa shape index (κ2) is 8.72. The van der Waals surface area contributed by atoms with Crippen molar-refractivity contribution in [2.75, 3.05) is 26.2 Å². The normalized spacial score (nSPS) is 27.0. The van der Waals surface area contributed by atoms with E-state index in [2.05, 4.69) is 36.3 Å². The molecular weight excluding hydrogens is 316 g/mol. The summed E-state index contributed by atoms with van der Waals surface area (Å²) in [7, 11) is 0. The topological polar surface area (TPSA) is 62.0 Å². The molecule has 3 rings (SSSR count). The zero-order valence-electron chi connectivity index (χ0n) is 15.7. The summed E-state index contributed by atoms with van der Waals surface area (Å²) in [6.45, 7) is 9.93. The van der Waals surface area contributed by atoms with Crippen LogP contribution in [0, 0.1) is 0 Å². The fraction of sp³-hybridized carbons (Fsp3) is 0.737. The summed E-state index contributed by atoms with van der Waals surface area (Å²) in [5, 5.41) is 6.97. The number of hydrogen-bond donors (Lipinski definition) is 2. The van der Waals surface area contributed by atoms with Crippen LogP contribution in [0.1, 0.15) is 51.8 Å². The summed E-state index contributed by atoms with van der Waals surface area (Å²) in [6, 6.07) is 4.54. The Hall–Kier alpha value is -1.53. The smallest absolute Gasteiger partial charge is 0.191 e. The van der Waals surface area contributed by atoms with E-state index in [1.807, 2.05) is 12.1 Å². The molecule has 0 spiro atoms. The van der Waals surface area contributed by atoms with Gasteiger partial charge in [0.2, 0.25) is 0 Å². The van der Waals surface area contributed by atoms with Crippen molar-refractivity contribution in [2.24, 2.45) is 4.99 Å². The average molecular weight is 348 g/mol. The number of nitrogens with one attached hydrogen (secondary N) is 2. The molecule has 140 valence electrons. The second-order valence-corrected chi connectivity index (χ2v) is 6.83. The first-order valence-electron chi connectivity index (χ1n) is 9.72. The van der Waals surface area contributed by atoms with Gasteiger partial charge in [0.15, 0.2) is 5.96 Å². The molecule has 2 aliphatic rings. The van der Waals surface area contributed by atoms with Gasteiger partial charge in [-0.05, 0) is 51.4 Å². The average Bonchev–Trinajstić information content (AvgIpc) is 3.36. The summed E-state index contributed by atoms with van der Waals surface area (Å²) in [4.78, 5) is 7.25. The zero-order valence-corrected chi connectivity index (χ0v) is 15.7. The number of hydrogen-bond acceptors (Lipinski definition) is 4. The van der Waals surface area contributed by atoms with E-state index in [1.54, 1.807) is 6.26 Å². The molecule has 2 N–H and O–H groups in total. The van der Waals surface area contributed by atoms with Gasteiger partial charge in [-0.15, -0.1) is 0 Å². The second-order valence-electron chi connectivity index (χ2n) is 6.83. The van der Waals surface area contributed by atoms with Crippen LogP contribution >= 0.6 is 0 Å². The van der Waals surface area contributed by atoms with Crippen LogP contribution in [-0.4, -0.2) is 55.3 Å². The molecule has 0 saturated carbocycles. The number of guanidine groups is 1. The van der Waals surface area contributed by atoms with Gasteiger partial charge in [0.1, 0.15) is 5.76 Å². The lowest BCUT2D eigenvalue weighted by molar-refractivity contribution is 0.0992. The first kappa shape index (κ1) is 18.3. The fourth-order valence-corrected chi connectivity index (χ4v) is 3.99. The van der Waals surface area contributed by atoms with Crippen LogP contribution in [0.2, 0.25) is 0 Å². The first-order chi connectivity index (χ1) is 12.2. The van der Waals surface area contributed by atoms with E-state index in [4.69, 9.17) is 14.1 Å². The number of rotatable bonds is 8. The Labute approximate surface area is 151 Å². The van der Waals surface area contributed by atoms with E-state index in [1.165, 1.54) is 6.42 Å². The van der Waals surface area contributed by atoms with Gasteiger partial charge in [0, 0.05) is 6.54 Å². The summed E-state index contributed by atoms with van der Waals surface area (Å²) in [5.41, 5.74) is 0. The molecule has 4 unspecified atom stereocenters. The number of likely N-dealkylation sites (N-methyl/N-ethyl adjacent to an activating group) is 1. The van der Waals surface area contributed by atoms with Crippen LogP contribution < -0.4 is 10.6 Å². The summed E-state index contributed by atoms with van der Waals surface area (Å²) in [5.74, 6) is 1.86. The predicted octanol–water partition coefficient (Wildman–Crippen LogP) is 2.54. The van der Waals surface area contributed by atoms with E-state index in [0.29, 0.717) is 24.8 Å². The molecule has 6 heteroatoms. The number of furan rings is 1. The van der Waals surface area contributed by atoms with E-state index in [9.17, 15) is 0 Å². The number of fused-ring (bicyclic) bond motifs is 2.